The highest BCUT2D eigenvalue weighted by Gasteiger charge is 2.21. The van der Waals surface area contributed by atoms with E-state index in [4.69, 9.17) is 20.9 Å². The minimum absolute atomic E-state index is 0.125. The quantitative estimate of drug-likeness (QED) is 0.417. The number of para-hydroxylation sites is 1. The van der Waals surface area contributed by atoms with Crippen molar-refractivity contribution >= 4 is 23.2 Å². The van der Waals surface area contributed by atoms with Gasteiger partial charge in [0, 0.05) is 16.8 Å². The van der Waals surface area contributed by atoms with Gasteiger partial charge in [0.2, 0.25) is 0 Å². The molecule has 0 saturated heterocycles. The average Bonchev–Trinajstić information content (AvgIpc) is 3.36. The summed E-state index contributed by atoms with van der Waals surface area (Å²) in [6.07, 6.45) is 3.04. The van der Waals surface area contributed by atoms with Crippen LogP contribution in [0.5, 0.6) is 5.75 Å². The van der Waals surface area contributed by atoms with Gasteiger partial charge in [0.25, 0.3) is 5.91 Å². The highest BCUT2D eigenvalue weighted by atomic mass is 35.5. The fourth-order valence-corrected chi connectivity index (χ4v) is 3.38. The third-order valence-corrected chi connectivity index (χ3v) is 5.29. The van der Waals surface area contributed by atoms with E-state index in [0.717, 1.165) is 5.56 Å². The van der Waals surface area contributed by atoms with Crippen LogP contribution >= 0.6 is 11.6 Å². The Kier molecular flexibility index (Phi) is 6.23. The zero-order valence-corrected chi connectivity index (χ0v) is 18.2. The lowest BCUT2D eigenvalue weighted by atomic mass is 10.2. The van der Waals surface area contributed by atoms with E-state index >= 15 is 0 Å². The summed E-state index contributed by atoms with van der Waals surface area (Å²) in [7, 11) is 0. The van der Waals surface area contributed by atoms with Crippen molar-refractivity contribution in [1.29, 1.82) is 0 Å². The molecule has 0 saturated carbocycles. The molecule has 0 fully saturated rings. The number of rotatable bonds is 7. The SMILES string of the molecule is Cc1ccccc1OCc1c(C(=O)Nc2cnn(Cc3c(F)cccc3Cl)c2)noc1C. The Labute approximate surface area is 188 Å². The molecule has 4 aromatic rings. The van der Waals surface area contributed by atoms with Gasteiger partial charge in [0.15, 0.2) is 5.69 Å². The predicted octanol–water partition coefficient (Wildman–Crippen LogP) is 5.16. The Bertz CT molecular complexity index is 1250. The van der Waals surface area contributed by atoms with E-state index in [-0.39, 0.29) is 18.8 Å². The Morgan fingerprint density at radius 1 is 1.19 bits per heavy atom. The first-order valence-electron chi connectivity index (χ1n) is 9.82. The van der Waals surface area contributed by atoms with Crippen molar-refractivity contribution in [2.24, 2.45) is 0 Å². The van der Waals surface area contributed by atoms with Gasteiger partial charge in [0.1, 0.15) is 23.9 Å². The van der Waals surface area contributed by atoms with E-state index in [1.54, 1.807) is 19.2 Å². The third kappa shape index (κ3) is 4.65. The fraction of sp³-hybridized carbons (Fsp3) is 0.174. The molecule has 0 aliphatic carbocycles. The monoisotopic (exact) mass is 454 g/mol. The van der Waals surface area contributed by atoms with Crippen LogP contribution < -0.4 is 10.1 Å². The molecule has 0 atom stereocenters. The minimum atomic E-state index is -0.464. The number of hydrogen-bond acceptors (Lipinski definition) is 5. The normalized spacial score (nSPS) is 10.9. The highest BCUT2D eigenvalue weighted by Crippen LogP contribution is 2.23. The van der Waals surface area contributed by atoms with Crippen LogP contribution in [0.25, 0.3) is 0 Å². The Morgan fingerprint density at radius 2 is 2.00 bits per heavy atom. The van der Waals surface area contributed by atoms with Crippen LogP contribution in [0.1, 0.15) is 32.9 Å². The van der Waals surface area contributed by atoms with Crippen molar-refractivity contribution in [1.82, 2.24) is 14.9 Å². The van der Waals surface area contributed by atoms with E-state index < -0.39 is 11.7 Å². The molecule has 32 heavy (non-hydrogen) atoms. The van der Waals surface area contributed by atoms with Crippen LogP contribution in [-0.4, -0.2) is 20.8 Å². The predicted molar refractivity (Wildman–Crippen MR) is 117 cm³/mol. The van der Waals surface area contributed by atoms with Crippen LogP contribution in [0.2, 0.25) is 5.02 Å². The summed E-state index contributed by atoms with van der Waals surface area (Å²) in [5.41, 5.74) is 2.40. The van der Waals surface area contributed by atoms with E-state index in [0.29, 0.717) is 33.3 Å². The number of nitrogens with one attached hydrogen (secondary N) is 1. The summed E-state index contributed by atoms with van der Waals surface area (Å²) in [5.74, 6) is 0.324. The maximum absolute atomic E-state index is 14.0. The summed E-state index contributed by atoms with van der Waals surface area (Å²) in [6, 6.07) is 12.1. The van der Waals surface area contributed by atoms with Gasteiger partial charge in [-0.2, -0.15) is 5.10 Å². The fourth-order valence-electron chi connectivity index (χ4n) is 3.16. The first kappa shape index (κ1) is 21.6. The Hall–Kier alpha value is -3.65. The first-order valence-corrected chi connectivity index (χ1v) is 10.2. The van der Waals surface area contributed by atoms with Crippen LogP contribution in [-0.2, 0) is 13.2 Å². The molecular weight excluding hydrogens is 435 g/mol. The number of carbonyl (C=O) groups is 1. The summed E-state index contributed by atoms with van der Waals surface area (Å²) in [4.78, 5) is 12.8. The molecule has 0 unspecified atom stereocenters. The summed E-state index contributed by atoms with van der Waals surface area (Å²) in [6.45, 7) is 3.92. The Balaban J connectivity index is 1.45. The summed E-state index contributed by atoms with van der Waals surface area (Å²) >= 11 is 6.07. The number of hydrogen-bond donors (Lipinski definition) is 1. The van der Waals surface area contributed by atoms with Gasteiger partial charge < -0.3 is 14.6 Å². The maximum atomic E-state index is 14.0. The second-order valence-corrected chi connectivity index (χ2v) is 7.61. The van der Waals surface area contributed by atoms with Crippen LogP contribution in [0.4, 0.5) is 10.1 Å². The molecule has 9 heteroatoms. The van der Waals surface area contributed by atoms with Crippen molar-refractivity contribution in [3.05, 3.63) is 93.8 Å². The largest absolute Gasteiger partial charge is 0.488 e. The number of ether oxygens (including phenoxy) is 1. The lowest BCUT2D eigenvalue weighted by Crippen LogP contribution is -2.15. The first-order chi connectivity index (χ1) is 15.4. The van der Waals surface area contributed by atoms with E-state index in [9.17, 15) is 9.18 Å². The molecule has 1 N–H and O–H groups in total. The summed E-state index contributed by atoms with van der Waals surface area (Å²) < 4.78 is 26.6. The van der Waals surface area contributed by atoms with E-state index in [2.05, 4.69) is 15.6 Å². The molecular formula is C23H20ClFN4O3. The molecule has 2 heterocycles. The molecule has 2 aromatic heterocycles. The van der Waals surface area contributed by atoms with Crippen molar-refractivity contribution in [3.8, 4) is 5.75 Å². The number of amides is 1. The number of halogens is 2. The minimum Gasteiger partial charge on any atom is -0.488 e. The van der Waals surface area contributed by atoms with Crippen LogP contribution in [0.15, 0.2) is 59.4 Å². The standard InChI is InChI=1S/C23H20ClFN4O3/c1-14-6-3-4-9-21(14)31-13-18-15(2)32-28-22(18)23(30)27-16-10-26-29(11-16)12-17-19(24)7-5-8-20(17)25/h3-11H,12-13H2,1-2H3,(H,27,30). The molecule has 2 aromatic carbocycles. The number of carbonyl (C=O) groups excluding carboxylic acids is 1. The van der Waals surface area contributed by atoms with Crippen molar-refractivity contribution in [3.63, 3.8) is 0 Å². The molecule has 164 valence electrons. The molecule has 4 rings (SSSR count). The molecule has 7 nitrogen and oxygen atoms in total. The number of aromatic nitrogens is 3. The smallest absolute Gasteiger partial charge is 0.278 e. The average molecular weight is 455 g/mol. The summed E-state index contributed by atoms with van der Waals surface area (Å²) in [5, 5.41) is 11.1. The lowest BCUT2D eigenvalue weighted by Gasteiger charge is -2.09. The van der Waals surface area contributed by atoms with Gasteiger partial charge in [-0.1, -0.05) is 41.0 Å². The molecule has 0 bridgehead atoms. The number of nitrogens with zero attached hydrogens (tertiary/aromatic N) is 3. The van der Waals surface area contributed by atoms with Crippen molar-refractivity contribution in [2.45, 2.75) is 27.0 Å². The van der Waals surface area contributed by atoms with E-state index in [1.165, 1.54) is 23.0 Å². The topological polar surface area (TPSA) is 82.2 Å². The number of benzene rings is 2. The van der Waals surface area contributed by atoms with Crippen molar-refractivity contribution in [2.75, 3.05) is 5.32 Å². The number of aryl methyl sites for hydroxylation is 2. The third-order valence-electron chi connectivity index (χ3n) is 4.94. The van der Waals surface area contributed by atoms with Crippen LogP contribution in [0, 0.1) is 19.7 Å². The van der Waals surface area contributed by atoms with Gasteiger partial charge in [-0.05, 0) is 37.6 Å². The maximum Gasteiger partial charge on any atom is 0.278 e. The van der Waals surface area contributed by atoms with Crippen LogP contribution in [0.3, 0.4) is 0 Å². The highest BCUT2D eigenvalue weighted by molar-refractivity contribution is 6.31. The van der Waals surface area contributed by atoms with Gasteiger partial charge in [-0.25, -0.2) is 4.39 Å². The van der Waals surface area contributed by atoms with Gasteiger partial charge in [-0.3, -0.25) is 9.48 Å². The molecule has 0 spiro atoms. The number of anilines is 1. The van der Waals surface area contributed by atoms with Gasteiger partial charge in [-0.15, -0.1) is 0 Å². The zero-order valence-electron chi connectivity index (χ0n) is 17.4. The lowest BCUT2D eigenvalue weighted by molar-refractivity contribution is 0.101. The van der Waals surface area contributed by atoms with Crippen molar-refractivity contribution < 1.29 is 18.4 Å². The molecule has 0 aliphatic rings. The Morgan fingerprint density at radius 3 is 2.78 bits per heavy atom. The molecule has 0 radical (unpaired) electrons. The van der Waals surface area contributed by atoms with E-state index in [1.807, 2.05) is 31.2 Å². The zero-order chi connectivity index (χ0) is 22.7. The van der Waals surface area contributed by atoms with Gasteiger partial charge >= 0.3 is 0 Å². The van der Waals surface area contributed by atoms with Gasteiger partial charge in [0.05, 0.1) is 24.0 Å². The second-order valence-electron chi connectivity index (χ2n) is 7.20. The molecule has 1 amide bonds. The molecule has 0 aliphatic heterocycles. The second kappa shape index (κ2) is 9.23.